The summed E-state index contributed by atoms with van der Waals surface area (Å²) in [5.74, 6) is -0.998. The van der Waals surface area contributed by atoms with Crippen molar-refractivity contribution in [3.8, 4) is 17.3 Å². The van der Waals surface area contributed by atoms with Crippen LogP contribution in [-0.2, 0) is 19.0 Å². The SMILES string of the molecule is COC(=O)N1CC=C(c2cnc(O[C@H]3C[C@@H](C(=O)O)N(c4nc(-c5ccc[nH]5)cc(C(F)F)n4)C3)c(N3CCOC4(COC4)[C@@H]3C)c2)C1. The molecule has 3 saturated heterocycles. The molecule has 0 radical (unpaired) electrons. The second-order valence-corrected chi connectivity index (χ2v) is 12.2. The van der Waals surface area contributed by atoms with E-state index >= 15 is 0 Å². The molecule has 2 N–H and O–H groups in total. The van der Waals surface area contributed by atoms with Crippen molar-refractivity contribution in [1.82, 2.24) is 24.8 Å². The Hall–Kier alpha value is -4.83. The van der Waals surface area contributed by atoms with E-state index < -0.39 is 41.9 Å². The van der Waals surface area contributed by atoms with Gasteiger partial charge in [-0.05, 0) is 42.3 Å². The number of carboxylic acids is 1. The third-order valence-electron chi connectivity index (χ3n) is 9.42. The highest BCUT2D eigenvalue weighted by atomic mass is 19.3. The Bertz CT molecular complexity index is 1720. The predicted molar refractivity (Wildman–Crippen MR) is 167 cm³/mol. The molecule has 0 bridgehead atoms. The van der Waals surface area contributed by atoms with Crippen LogP contribution in [0.1, 0.15) is 31.0 Å². The molecule has 0 saturated carbocycles. The number of ether oxygens (including phenoxy) is 4. The van der Waals surface area contributed by atoms with E-state index in [2.05, 4.69) is 26.8 Å². The van der Waals surface area contributed by atoms with Gasteiger partial charge in [-0.1, -0.05) is 6.08 Å². The van der Waals surface area contributed by atoms with Crippen LogP contribution in [0.4, 0.5) is 25.2 Å². The minimum atomic E-state index is -2.89. The molecule has 1 spiro atoms. The number of hydrogen-bond acceptors (Lipinski definition) is 11. The van der Waals surface area contributed by atoms with E-state index in [0.29, 0.717) is 50.8 Å². The number of carbonyl (C=O) groups is 2. The molecule has 4 aliphatic heterocycles. The molecule has 48 heavy (non-hydrogen) atoms. The largest absolute Gasteiger partial charge is 0.480 e. The van der Waals surface area contributed by atoms with Crippen LogP contribution in [-0.4, -0.2) is 119 Å². The van der Waals surface area contributed by atoms with Crippen LogP contribution in [0.15, 0.2) is 42.7 Å². The average Bonchev–Trinajstić information content (AvgIpc) is 3.86. The number of aromatic nitrogens is 4. The van der Waals surface area contributed by atoms with Crippen molar-refractivity contribution >= 4 is 29.3 Å². The van der Waals surface area contributed by atoms with Crippen LogP contribution in [0.2, 0.25) is 0 Å². The van der Waals surface area contributed by atoms with Crippen LogP contribution in [0, 0.1) is 0 Å². The van der Waals surface area contributed by atoms with Gasteiger partial charge in [0.25, 0.3) is 6.43 Å². The summed E-state index contributed by atoms with van der Waals surface area (Å²) < 4.78 is 50.9. The number of morpholine rings is 1. The van der Waals surface area contributed by atoms with E-state index in [9.17, 15) is 23.5 Å². The number of carbonyl (C=O) groups excluding carboxylic acids is 1. The molecule has 3 fully saturated rings. The lowest BCUT2D eigenvalue weighted by atomic mass is 9.90. The number of carboxylic acid groups (broad SMARTS) is 1. The summed E-state index contributed by atoms with van der Waals surface area (Å²) in [6.07, 6.45) is 1.29. The lowest BCUT2D eigenvalue weighted by molar-refractivity contribution is -0.228. The summed E-state index contributed by atoms with van der Waals surface area (Å²) in [4.78, 5) is 45.9. The highest BCUT2D eigenvalue weighted by Crippen LogP contribution is 2.40. The summed E-state index contributed by atoms with van der Waals surface area (Å²) in [7, 11) is 1.34. The third-order valence-corrected chi connectivity index (χ3v) is 9.42. The van der Waals surface area contributed by atoms with Crippen molar-refractivity contribution in [3.05, 3.63) is 54.0 Å². The Morgan fingerprint density at radius 2 is 2.04 bits per heavy atom. The van der Waals surface area contributed by atoms with Gasteiger partial charge < -0.3 is 43.7 Å². The Morgan fingerprint density at radius 3 is 2.73 bits per heavy atom. The summed E-state index contributed by atoms with van der Waals surface area (Å²) in [5.41, 5.74) is 2.09. The van der Waals surface area contributed by atoms with Gasteiger partial charge in [0.1, 0.15) is 29.1 Å². The molecule has 0 unspecified atom stereocenters. The fourth-order valence-electron chi connectivity index (χ4n) is 6.66. The molecule has 0 aromatic carbocycles. The highest BCUT2D eigenvalue weighted by molar-refractivity contribution is 5.80. The van der Waals surface area contributed by atoms with E-state index in [0.717, 1.165) is 11.1 Å². The number of H-pyrrole nitrogens is 1. The minimum Gasteiger partial charge on any atom is -0.480 e. The van der Waals surface area contributed by atoms with Gasteiger partial charge in [-0.25, -0.2) is 33.3 Å². The Morgan fingerprint density at radius 1 is 1.21 bits per heavy atom. The van der Waals surface area contributed by atoms with Gasteiger partial charge in [0.2, 0.25) is 11.8 Å². The molecule has 0 aliphatic carbocycles. The van der Waals surface area contributed by atoms with E-state index in [1.807, 2.05) is 12.1 Å². The van der Waals surface area contributed by atoms with Crippen molar-refractivity contribution in [2.75, 3.05) is 62.9 Å². The van der Waals surface area contributed by atoms with Crippen molar-refractivity contribution in [1.29, 1.82) is 0 Å². The van der Waals surface area contributed by atoms with E-state index in [-0.39, 0.29) is 36.5 Å². The van der Waals surface area contributed by atoms with Gasteiger partial charge in [-0.2, -0.15) is 0 Å². The zero-order valence-electron chi connectivity index (χ0n) is 26.3. The van der Waals surface area contributed by atoms with E-state index in [4.69, 9.17) is 23.9 Å². The molecular weight excluding hydrogens is 632 g/mol. The smallest absolute Gasteiger partial charge is 0.410 e. The number of rotatable bonds is 8. The van der Waals surface area contributed by atoms with Gasteiger partial charge in [0.15, 0.2) is 0 Å². The molecule has 14 nitrogen and oxygen atoms in total. The zero-order chi connectivity index (χ0) is 33.6. The normalized spacial score (nSPS) is 23.4. The molecule has 254 valence electrons. The van der Waals surface area contributed by atoms with Crippen LogP contribution >= 0.6 is 0 Å². The molecule has 7 rings (SSSR count). The molecule has 4 aliphatic rings. The van der Waals surface area contributed by atoms with Gasteiger partial charge in [0.05, 0.1) is 50.9 Å². The summed E-state index contributed by atoms with van der Waals surface area (Å²) in [5, 5.41) is 10.2. The number of nitrogens with one attached hydrogen (secondary N) is 1. The van der Waals surface area contributed by atoms with Crippen LogP contribution < -0.4 is 14.5 Å². The number of halogens is 2. The molecule has 16 heteroatoms. The van der Waals surface area contributed by atoms with Crippen molar-refractivity contribution in [3.63, 3.8) is 0 Å². The number of alkyl halides is 2. The number of aliphatic carboxylic acids is 1. The Balaban J connectivity index is 1.20. The summed E-state index contributed by atoms with van der Waals surface area (Å²) in [6, 6.07) is 5.31. The van der Waals surface area contributed by atoms with Crippen LogP contribution in [0.25, 0.3) is 17.0 Å². The van der Waals surface area contributed by atoms with E-state index in [1.54, 1.807) is 29.4 Å². The second kappa shape index (κ2) is 12.6. The highest BCUT2D eigenvalue weighted by Gasteiger charge is 2.50. The number of aromatic amines is 1. The first kappa shape index (κ1) is 31.8. The standard InChI is InChI=1S/C32H35F2N7O7/c1-18-32(16-46-17-32)47-9-8-40(18)25-10-20(19-5-7-39(14-19)31(44)45-2)13-36-28(25)48-21-11-26(29(42)43)41(15-21)30-37-23(22-4-3-6-35-22)12-24(38-30)27(33)34/h3-6,10,12-13,18,21,26-27,35H,7-9,11,14-17H2,1-2H3,(H,42,43)/t18-,21-,26-/m0/s1. The number of hydrogen-bond donors (Lipinski definition) is 2. The maximum Gasteiger partial charge on any atom is 0.410 e. The number of methoxy groups -OCH3 is 1. The first-order valence-electron chi connectivity index (χ1n) is 15.6. The van der Waals surface area contributed by atoms with Gasteiger partial charge in [-0.3, -0.25) is 0 Å². The van der Waals surface area contributed by atoms with Gasteiger partial charge in [0, 0.05) is 38.4 Å². The predicted octanol–water partition coefficient (Wildman–Crippen LogP) is 3.37. The maximum absolute atomic E-state index is 13.9. The third kappa shape index (κ3) is 5.78. The molecular formula is C32H35F2N7O7. The Kier molecular flexibility index (Phi) is 8.37. The number of pyridine rings is 1. The topological polar surface area (TPSA) is 155 Å². The second-order valence-electron chi connectivity index (χ2n) is 12.2. The van der Waals surface area contributed by atoms with Crippen LogP contribution in [0.5, 0.6) is 5.88 Å². The Labute approximate surface area is 274 Å². The van der Waals surface area contributed by atoms with Gasteiger partial charge in [-0.15, -0.1) is 0 Å². The fourth-order valence-corrected chi connectivity index (χ4v) is 6.66. The van der Waals surface area contributed by atoms with Crippen molar-refractivity contribution in [2.24, 2.45) is 0 Å². The average molecular weight is 668 g/mol. The van der Waals surface area contributed by atoms with E-state index in [1.165, 1.54) is 18.1 Å². The van der Waals surface area contributed by atoms with Crippen molar-refractivity contribution in [2.45, 2.75) is 43.6 Å². The number of amides is 1. The molecule has 3 aromatic heterocycles. The van der Waals surface area contributed by atoms with Crippen LogP contribution in [0.3, 0.4) is 0 Å². The van der Waals surface area contributed by atoms with Gasteiger partial charge >= 0.3 is 12.1 Å². The number of anilines is 2. The molecule has 1 amide bonds. The summed E-state index contributed by atoms with van der Waals surface area (Å²) in [6.45, 7) is 4.73. The summed E-state index contributed by atoms with van der Waals surface area (Å²) >= 11 is 0. The number of nitrogens with zero attached hydrogens (tertiary/aromatic N) is 6. The minimum absolute atomic E-state index is 0.0202. The van der Waals surface area contributed by atoms with Crippen molar-refractivity contribution < 1.29 is 42.4 Å². The first-order valence-corrected chi connectivity index (χ1v) is 15.6. The lowest BCUT2D eigenvalue weighted by Crippen LogP contribution is -2.68. The fraction of sp³-hybridized carbons (Fsp3) is 0.469. The quantitative estimate of drug-likeness (QED) is 0.362. The first-order chi connectivity index (χ1) is 23.2. The molecule has 7 heterocycles. The zero-order valence-corrected chi connectivity index (χ0v) is 26.3. The monoisotopic (exact) mass is 667 g/mol. The molecule has 3 aromatic rings. The maximum atomic E-state index is 13.9. The molecule has 3 atom stereocenters. The lowest BCUT2D eigenvalue weighted by Gasteiger charge is -2.53.